The molecule has 0 spiro atoms. The van der Waals surface area contributed by atoms with E-state index in [1.165, 1.54) is 0 Å². The summed E-state index contributed by atoms with van der Waals surface area (Å²) in [6.07, 6.45) is 1.32. The molecule has 0 aliphatic carbocycles. The number of carbonyl (C=O) groups is 2. The zero-order valence-electron chi connectivity index (χ0n) is 19.2. The van der Waals surface area contributed by atoms with Crippen LogP contribution in [0.2, 0.25) is 0 Å². The Morgan fingerprint density at radius 1 is 1.24 bits per heavy atom. The number of β-amino-alcohol motifs (C(OH)–C–C–N with tert-alkyl or cyclic N) is 1. The highest BCUT2D eigenvalue weighted by atomic mass is 16.5. The lowest BCUT2D eigenvalue weighted by molar-refractivity contribution is -0.139. The lowest BCUT2D eigenvalue weighted by Gasteiger charge is -2.34. The van der Waals surface area contributed by atoms with Crippen LogP contribution >= 0.6 is 0 Å². The number of aliphatic hydroxyl groups is 1. The number of likely N-dealkylation sites (N-methyl/N-ethyl adjacent to an activating group) is 1. The van der Waals surface area contributed by atoms with Crippen LogP contribution < -0.4 is 15.0 Å². The second-order valence-corrected chi connectivity index (χ2v) is 8.39. The Kier molecular flexibility index (Phi) is 8.68. The van der Waals surface area contributed by atoms with Gasteiger partial charge >= 0.3 is 5.97 Å². The van der Waals surface area contributed by atoms with Crippen LogP contribution in [-0.4, -0.2) is 72.9 Å². The molecule has 2 aromatic rings. The van der Waals surface area contributed by atoms with Gasteiger partial charge in [-0.15, -0.1) is 0 Å². The summed E-state index contributed by atoms with van der Waals surface area (Å²) in [5.41, 5.74) is 2.54. The molecule has 1 aliphatic heterocycles. The number of hydrogen-bond donors (Lipinski definition) is 3. The molecule has 0 bridgehead atoms. The van der Waals surface area contributed by atoms with Gasteiger partial charge in [0.05, 0.1) is 12.1 Å². The normalized spacial score (nSPS) is 16.9. The number of carbonyl (C=O) groups excluding carboxylic acids is 1. The lowest BCUT2D eigenvalue weighted by Crippen LogP contribution is -2.36. The van der Waals surface area contributed by atoms with E-state index in [4.69, 9.17) is 9.84 Å². The molecule has 2 aromatic carbocycles. The van der Waals surface area contributed by atoms with E-state index >= 15 is 0 Å². The smallest absolute Gasteiger partial charge is 0.341 e. The second kappa shape index (κ2) is 11.7. The third kappa shape index (κ3) is 6.94. The average molecular weight is 456 g/mol. The average Bonchev–Trinajstić information content (AvgIpc) is 3.24. The maximum absolute atomic E-state index is 12.2. The first-order valence-electron chi connectivity index (χ1n) is 11.3. The largest absolute Gasteiger partial charge is 0.482 e. The topological polar surface area (TPSA) is 102 Å². The molecular formula is C25H33N3O5. The summed E-state index contributed by atoms with van der Waals surface area (Å²) in [5.74, 6) is -0.613. The number of nitrogens with one attached hydrogen (secondary N) is 1. The van der Waals surface area contributed by atoms with E-state index < -0.39 is 12.6 Å². The summed E-state index contributed by atoms with van der Waals surface area (Å²) in [6.45, 7) is 4.38. The fraction of sp³-hybridized carbons (Fsp3) is 0.440. The highest BCUT2D eigenvalue weighted by Gasteiger charge is 2.26. The predicted octanol–water partition coefficient (Wildman–Crippen LogP) is 2.53. The fourth-order valence-electron chi connectivity index (χ4n) is 4.00. The van der Waals surface area contributed by atoms with Crippen LogP contribution in [-0.2, 0) is 4.79 Å². The van der Waals surface area contributed by atoms with Crippen molar-refractivity contribution in [2.24, 2.45) is 0 Å². The van der Waals surface area contributed by atoms with Gasteiger partial charge in [0, 0.05) is 44.5 Å². The quantitative estimate of drug-likeness (QED) is 0.479. The van der Waals surface area contributed by atoms with Crippen molar-refractivity contribution in [2.75, 3.05) is 44.7 Å². The molecule has 1 aliphatic rings. The van der Waals surface area contributed by atoms with Crippen molar-refractivity contribution in [3.05, 3.63) is 59.7 Å². The van der Waals surface area contributed by atoms with Gasteiger partial charge in [-0.25, -0.2) is 4.79 Å². The summed E-state index contributed by atoms with van der Waals surface area (Å²) in [7, 11) is 1.99. The second-order valence-electron chi connectivity index (χ2n) is 8.39. The number of carboxylic acids is 1. The Morgan fingerprint density at radius 2 is 2.00 bits per heavy atom. The van der Waals surface area contributed by atoms with Gasteiger partial charge in [-0.2, -0.15) is 0 Å². The summed E-state index contributed by atoms with van der Waals surface area (Å²) in [4.78, 5) is 27.5. The Bertz CT molecular complexity index is 934. The number of anilines is 1. The molecule has 33 heavy (non-hydrogen) atoms. The molecule has 8 heteroatoms. The number of benzene rings is 2. The first-order chi connectivity index (χ1) is 15.9. The van der Waals surface area contributed by atoms with Crippen LogP contribution in [0, 0.1) is 0 Å². The number of ether oxygens (including phenoxy) is 1. The van der Waals surface area contributed by atoms with Crippen LogP contribution in [0.1, 0.15) is 41.7 Å². The van der Waals surface area contributed by atoms with Crippen LogP contribution in [0.25, 0.3) is 0 Å². The van der Waals surface area contributed by atoms with Crippen molar-refractivity contribution >= 4 is 17.6 Å². The molecule has 1 amide bonds. The van der Waals surface area contributed by atoms with Crippen LogP contribution in [0.4, 0.5) is 5.69 Å². The molecule has 2 atom stereocenters. The molecule has 1 heterocycles. The van der Waals surface area contributed by atoms with Crippen molar-refractivity contribution < 1.29 is 24.5 Å². The standard InChI is InChI=1S/C25H33N3O5/c1-3-12-26-25(32)18-7-9-20(10-8-18)27(2)23(16-28-13-11-21(29)15-28)19-5-4-6-22(14-19)33-17-24(30)31/h4-10,14,21,23,29H,3,11-13,15-17H2,1-2H3,(H,26,32)(H,30,31). The van der Waals surface area contributed by atoms with Gasteiger partial charge < -0.3 is 25.2 Å². The summed E-state index contributed by atoms with van der Waals surface area (Å²) < 4.78 is 5.39. The van der Waals surface area contributed by atoms with Crippen molar-refractivity contribution in [1.29, 1.82) is 0 Å². The molecule has 3 N–H and O–H groups in total. The molecule has 2 unspecified atom stereocenters. The molecule has 8 nitrogen and oxygen atoms in total. The van der Waals surface area contributed by atoms with Gasteiger partial charge in [0.1, 0.15) is 5.75 Å². The van der Waals surface area contributed by atoms with Crippen molar-refractivity contribution in [3.8, 4) is 5.75 Å². The highest BCUT2D eigenvalue weighted by Crippen LogP contribution is 2.30. The van der Waals surface area contributed by atoms with Crippen molar-refractivity contribution in [3.63, 3.8) is 0 Å². The number of aliphatic carboxylic acids is 1. The Morgan fingerprint density at radius 3 is 2.64 bits per heavy atom. The first kappa shape index (κ1) is 24.5. The number of nitrogens with zero attached hydrogens (tertiary/aromatic N) is 2. The Balaban J connectivity index is 1.82. The minimum absolute atomic E-state index is 0.0663. The van der Waals surface area contributed by atoms with Crippen molar-refractivity contribution in [1.82, 2.24) is 10.2 Å². The monoisotopic (exact) mass is 455 g/mol. The number of carboxylic acid groups (broad SMARTS) is 1. The van der Waals surface area contributed by atoms with E-state index in [9.17, 15) is 14.7 Å². The molecule has 1 saturated heterocycles. The molecule has 0 saturated carbocycles. The van der Waals surface area contributed by atoms with Crippen molar-refractivity contribution in [2.45, 2.75) is 31.9 Å². The molecule has 178 valence electrons. The molecule has 3 rings (SSSR count). The minimum Gasteiger partial charge on any atom is -0.482 e. The zero-order valence-corrected chi connectivity index (χ0v) is 19.2. The predicted molar refractivity (Wildman–Crippen MR) is 127 cm³/mol. The SMILES string of the molecule is CCCNC(=O)c1ccc(N(C)C(CN2CCC(O)C2)c2cccc(OCC(=O)O)c2)cc1. The zero-order chi connectivity index (χ0) is 23.8. The summed E-state index contributed by atoms with van der Waals surface area (Å²) in [5, 5.41) is 21.8. The highest BCUT2D eigenvalue weighted by molar-refractivity contribution is 5.94. The number of likely N-dealkylation sites (tertiary alicyclic amines) is 1. The number of rotatable bonds is 11. The molecule has 1 fully saturated rings. The third-order valence-electron chi connectivity index (χ3n) is 5.82. The molecular weight excluding hydrogens is 422 g/mol. The van der Waals surface area contributed by atoms with Gasteiger partial charge in [-0.1, -0.05) is 19.1 Å². The van der Waals surface area contributed by atoms with Gasteiger partial charge in [0.15, 0.2) is 6.61 Å². The maximum Gasteiger partial charge on any atom is 0.341 e. The van der Waals surface area contributed by atoms with E-state index in [0.29, 0.717) is 30.9 Å². The van der Waals surface area contributed by atoms with Crippen LogP contribution in [0.5, 0.6) is 5.75 Å². The first-order valence-corrected chi connectivity index (χ1v) is 11.3. The third-order valence-corrected chi connectivity index (χ3v) is 5.82. The Hall–Kier alpha value is -3.10. The summed E-state index contributed by atoms with van der Waals surface area (Å²) in [6, 6.07) is 14.9. The maximum atomic E-state index is 12.2. The summed E-state index contributed by atoms with van der Waals surface area (Å²) >= 11 is 0. The number of amides is 1. The van der Waals surface area contributed by atoms with E-state index in [2.05, 4.69) is 15.1 Å². The van der Waals surface area contributed by atoms with E-state index in [0.717, 1.165) is 30.6 Å². The Labute approximate surface area is 194 Å². The molecule has 0 radical (unpaired) electrons. The lowest BCUT2D eigenvalue weighted by atomic mass is 10.0. The van der Waals surface area contributed by atoms with E-state index in [1.54, 1.807) is 6.07 Å². The van der Waals surface area contributed by atoms with Crippen LogP contribution in [0.3, 0.4) is 0 Å². The number of hydrogen-bond acceptors (Lipinski definition) is 6. The molecule has 0 aromatic heterocycles. The van der Waals surface area contributed by atoms with Gasteiger partial charge in [0.25, 0.3) is 5.91 Å². The number of aliphatic hydroxyl groups excluding tert-OH is 1. The van der Waals surface area contributed by atoms with Gasteiger partial charge in [-0.3, -0.25) is 9.69 Å². The van der Waals surface area contributed by atoms with E-state index in [-0.39, 0.29) is 18.1 Å². The van der Waals surface area contributed by atoms with E-state index in [1.807, 2.05) is 56.4 Å². The van der Waals surface area contributed by atoms with Gasteiger partial charge in [0.2, 0.25) is 0 Å². The van der Waals surface area contributed by atoms with Crippen LogP contribution in [0.15, 0.2) is 48.5 Å². The minimum atomic E-state index is -1.02. The van der Waals surface area contributed by atoms with Gasteiger partial charge in [-0.05, 0) is 54.8 Å². The fourth-order valence-corrected chi connectivity index (χ4v) is 4.00.